The minimum absolute atomic E-state index is 0.376. The van der Waals surface area contributed by atoms with Crippen molar-refractivity contribution in [3.8, 4) is 0 Å². The molecule has 3 fully saturated rings. The summed E-state index contributed by atoms with van der Waals surface area (Å²) >= 11 is 1.98. The fourth-order valence-electron chi connectivity index (χ4n) is 3.44. The van der Waals surface area contributed by atoms with Crippen molar-refractivity contribution in [2.75, 3.05) is 39.0 Å². The van der Waals surface area contributed by atoms with Crippen molar-refractivity contribution in [3.05, 3.63) is 0 Å². The third-order valence-electron chi connectivity index (χ3n) is 4.43. The highest BCUT2D eigenvalue weighted by molar-refractivity contribution is 7.99. The van der Waals surface area contributed by atoms with E-state index in [1.807, 2.05) is 11.8 Å². The Morgan fingerprint density at radius 2 is 2.24 bits per heavy atom. The molecule has 5 heteroatoms. The summed E-state index contributed by atoms with van der Waals surface area (Å²) in [4.78, 5) is 16.4. The van der Waals surface area contributed by atoms with Gasteiger partial charge in [0.15, 0.2) is 0 Å². The molecule has 1 N–H and O–H groups in total. The van der Waals surface area contributed by atoms with E-state index in [0.29, 0.717) is 18.0 Å². The maximum atomic E-state index is 11.6. The Kier molecular flexibility index (Phi) is 3.32. The van der Waals surface area contributed by atoms with E-state index in [-0.39, 0.29) is 0 Å². The number of carbonyl (C=O) groups is 1. The predicted octanol–water partition coefficient (Wildman–Crippen LogP) is -0.00360. The first-order valence-electron chi connectivity index (χ1n) is 6.56. The van der Waals surface area contributed by atoms with Crippen LogP contribution in [0.1, 0.15) is 12.8 Å². The fraction of sp³-hybridized carbons (Fsp3) is 0.917. The number of thioether (sulfide) groups is 1. The van der Waals surface area contributed by atoms with Gasteiger partial charge in [0.05, 0.1) is 0 Å². The lowest BCUT2D eigenvalue weighted by molar-refractivity contribution is -0.130. The van der Waals surface area contributed by atoms with E-state index in [9.17, 15) is 4.79 Å². The number of piperazine rings is 1. The number of nitrogens with one attached hydrogen (secondary N) is 1. The topological polar surface area (TPSA) is 35.6 Å². The Labute approximate surface area is 107 Å². The Morgan fingerprint density at radius 1 is 1.35 bits per heavy atom. The summed E-state index contributed by atoms with van der Waals surface area (Å²) < 4.78 is 0. The molecule has 96 valence electrons. The molecule has 0 aliphatic carbocycles. The second-order valence-electron chi connectivity index (χ2n) is 5.27. The van der Waals surface area contributed by atoms with E-state index < -0.39 is 0 Å². The molecule has 3 heterocycles. The Morgan fingerprint density at radius 3 is 3.06 bits per heavy atom. The summed E-state index contributed by atoms with van der Waals surface area (Å²) in [5.41, 5.74) is 0. The average molecular weight is 255 g/mol. The molecular weight excluding hydrogens is 234 g/mol. The minimum atomic E-state index is 0.376. The predicted molar refractivity (Wildman–Crippen MR) is 70.3 cm³/mol. The number of hydrogen-bond donors (Lipinski definition) is 1. The lowest BCUT2D eigenvalue weighted by Crippen LogP contribution is -2.56. The van der Waals surface area contributed by atoms with Crippen LogP contribution in [-0.2, 0) is 4.79 Å². The summed E-state index contributed by atoms with van der Waals surface area (Å²) in [6.45, 7) is 5.35. The number of fused-ring (bicyclic) bond motifs is 1. The van der Waals surface area contributed by atoms with Crippen molar-refractivity contribution in [2.24, 2.45) is 0 Å². The van der Waals surface area contributed by atoms with Crippen LogP contribution >= 0.6 is 11.8 Å². The molecule has 3 unspecified atom stereocenters. The molecule has 3 aliphatic rings. The van der Waals surface area contributed by atoms with Crippen LogP contribution < -0.4 is 5.32 Å². The largest absolute Gasteiger partial charge is 0.337 e. The van der Waals surface area contributed by atoms with Gasteiger partial charge >= 0.3 is 0 Å². The van der Waals surface area contributed by atoms with Gasteiger partial charge in [-0.2, -0.15) is 11.8 Å². The molecule has 0 bridgehead atoms. The van der Waals surface area contributed by atoms with Gasteiger partial charge in [0.2, 0.25) is 5.91 Å². The first-order chi connectivity index (χ1) is 8.29. The number of amides is 1. The highest BCUT2D eigenvalue weighted by Gasteiger charge is 2.40. The molecule has 3 saturated heterocycles. The van der Waals surface area contributed by atoms with Crippen molar-refractivity contribution in [1.82, 2.24) is 15.1 Å². The standard InChI is InChI=1S/C12H21N3OS/c1-17-11-7-13-6-10(11)14-4-5-15-9(8-14)2-3-12(15)16/h9-11,13H,2-8H2,1H3. The summed E-state index contributed by atoms with van der Waals surface area (Å²) in [7, 11) is 0. The van der Waals surface area contributed by atoms with E-state index in [1.165, 1.54) is 0 Å². The van der Waals surface area contributed by atoms with Crippen molar-refractivity contribution in [2.45, 2.75) is 30.2 Å². The number of rotatable bonds is 2. The highest BCUT2D eigenvalue weighted by atomic mass is 32.2. The molecule has 0 spiro atoms. The molecule has 17 heavy (non-hydrogen) atoms. The molecule has 0 aromatic carbocycles. The normalized spacial score (nSPS) is 38.8. The van der Waals surface area contributed by atoms with Gasteiger partial charge in [0, 0.05) is 56.5 Å². The maximum Gasteiger partial charge on any atom is 0.222 e. The molecule has 3 atom stereocenters. The lowest BCUT2D eigenvalue weighted by Gasteiger charge is -2.41. The molecule has 0 saturated carbocycles. The molecule has 0 aromatic heterocycles. The Balaban J connectivity index is 1.65. The molecular formula is C12H21N3OS. The van der Waals surface area contributed by atoms with Gasteiger partial charge in [0.25, 0.3) is 0 Å². The monoisotopic (exact) mass is 255 g/mol. The van der Waals surface area contributed by atoms with Gasteiger partial charge in [0.1, 0.15) is 0 Å². The van der Waals surface area contributed by atoms with Gasteiger partial charge in [-0.05, 0) is 12.7 Å². The van der Waals surface area contributed by atoms with Crippen molar-refractivity contribution >= 4 is 17.7 Å². The Bertz CT molecular complexity index is 312. The van der Waals surface area contributed by atoms with Gasteiger partial charge in [-0.25, -0.2) is 0 Å². The van der Waals surface area contributed by atoms with Gasteiger partial charge in [-0.15, -0.1) is 0 Å². The van der Waals surface area contributed by atoms with E-state index in [1.54, 1.807) is 0 Å². The molecule has 0 aromatic rings. The van der Waals surface area contributed by atoms with E-state index in [2.05, 4.69) is 21.4 Å². The SMILES string of the molecule is CSC1CNCC1N1CCN2C(=O)CCC2C1. The van der Waals surface area contributed by atoms with Crippen molar-refractivity contribution in [3.63, 3.8) is 0 Å². The number of hydrogen-bond acceptors (Lipinski definition) is 4. The summed E-state index contributed by atoms with van der Waals surface area (Å²) in [6, 6.07) is 1.17. The van der Waals surface area contributed by atoms with Crippen LogP contribution in [0.25, 0.3) is 0 Å². The average Bonchev–Trinajstić information content (AvgIpc) is 2.96. The molecule has 3 aliphatic heterocycles. The van der Waals surface area contributed by atoms with E-state index in [0.717, 1.165) is 50.8 Å². The first kappa shape index (κ1) is 11.8. The van der Waals surface area contributed by atoms with E-state index in [4.69, 9.17) is 0 Å². The number of carbonyl (C=O) groups excluding carboxylic acids is 1. The molecule has 3 rings (SSSR count). The Hall–Kier alpha value is -0.260. The zero-order chi connectivity index (χ0) is 11.8. The zero-order valence-electron chi connectivity index (χ0n) is 10.4. The second kappa shape index (κ2) is 4.78. The fourth-order valence-corrected chi connectivity index (χ4v) is 4.30. The third-order valence-corrected chi connectivity index (χ3v) is 5.51. The molecule has 1 amide bonds. The van der Waals surface area contributed by atoms with Crippen LogP contribution in [0.4, 0.5) is 0 Å². The zero-order valence-corrected chi connectivity index (χ0v) is 11.2. The first-order valence-corrected chi connectivity index (χ1v) is 7.85. The second-order valence-corrected chi connectivity index (χ2v) is 6.35. The van der Waals surface area contributed by atoms with Crippen molar-refractivity contribution in [1.29, 1.82) is 0 Å². The highest BCUT2D eigenvalue weighted by Crippen LogP contribution is 2.27. The number of nitrogens with zero attached hydrogens (tertiary/aromatic N) is 2. The van der Waals surface area contributed by atoms with Gasteiger partial charge in [-0.1, -0.05) is 0 Å². The molecule has 0 radical (unpaired) electrons. The smallest absolute Gasteiger partial charge is 0.222 e. The van der Waals surface area contributed by atoms with Crippen LogP contribution in [0.15, 0.2) is 0 Å². The summed E-state index contributed by atoms with van der Waals surface area (Å²) in [6.07, 6.45) is 4.05. The summed E-state index contributed by atoms with van der Waals surface area (Å²) in [5.74, 6) is 0.376. The van der Waals surface area contributed by atoms with Crippen LogP contribution in [0.3, 0.4) is 0 Å². The van der Waals surface area contributed by atoms with Gasteiger partial charge in [-0.3, -0.25) is 9.69 Å². The van der Waals surface area contributed by atoms with Crippen molar-refractivity contribution < 1.29 is 4.79 Å². The van der Waals surface area contributed by atoms with Crippen LogP contribution in [0, 0.1) is 0 Å². The molecule has 4 nitrogen and oxygen atoms in total. The van der Waals surface area contributed by atoms with E-state index >= 15 is 0 Å². The van der Waals surface area contributed by atoms with Gasteiger partial charge < -0.3 is 10.2 Å². The maximum absolute atomic E-state index is 11.6. The van der Waals surface area contributed by atoms with Crippen LogP contribution in [-0.4, -0.2) is 72.0 Å². The minimum Gasteiger partial charge on any atom is -0.337 e. The third kappa shape index (κ3) is 2.09. The van der Waals surface area contributed by atoms with Crippen LogP contribution in [0.5, 0.6) is 0 Å². The van der Waals surface area contributed by atoms with Crippen LogP contribution in [0.2, 0.25) is 0 Å². The quantitative estimate of drug-likeness (QED) is 0.753. The lowest BCUT2D eigenvalue weighted by atomic mass is 10.1. The summed E-state index contributed by atoms with van der Waals surface area (Å²) in [5, 5.41) is 4.22.